The Morgan fingerprint density at radius 1 is 1.33 bits per heavy atom. The van der Waals surface area contributed by atoms with Crippen molar-refractivity contribution >= 4 is 39.5 Å². The number of nitrogens with one attached hydrogen (secondary N) is 1. The summed E-state index contributed by atoms with van der Waals surface area (Å²) in [6.07, 6.45) is 0.937. The summed E-state index contributed by atoms with van der Waals surface area (Å²) in [6.45, 7) is 4.96. The van der Waals surface area contributed by atoms with Gasteiger partial charge in [-0.2, -0.15) is 23.5 Å². The van der Waals surface area contributed by atoms with Gasteiger partial charge >= 0.3 is 0 Å². The molecule has 1 aromatic carbocycles. The topological polar surface area (TPSA) is 12.0 Å². The predicted molar refractivity (Wildman–Crippen MR) is 93.3 cm³/mol. The fraction of sp³-hybridized carbons (Fsp3) is 0.600. The number of halogens is 3. The van der Waals surface area contributed by atoms with Gasteiger partial charge in [-0.1, -0.05) is 13.8 Å². The number of hydrogen-bond donors (Lipinski definition) is 1. The van der Waals surface area contributed by atoms with Gasteiger partial charge in [0, 0.05) is 27.6 Å². The maximum absolute atomic E-state index is 14.5. The summed E-state index contributed by atoms with van der Waals surface area (Å²) in [5, 5.41) is 3.91. The molecular formula is C15H20BrF2NS2. The molecule has 1 fully saturated rings. The van der Waals surface area contributed by atoms with Crippen LogP contribution < -0.4 is 5.32 Å². The maximum atomic E-state index is 14.5. The third-order valence-corrected chi connectivity index (χ3v) is 7.38. The van der Waals surface area contributed by atoms with E-state index in [-0.39, 0.29) is 16.9 Å². The number of thioether (sulfide) groups is 2. The quantitative estimate of drug-likeness (QED) is 0.703. The van der Waals surface area contributed by atoms with E-state index in [9.17, 15) is 8.78 Å². The molecule has 1 nitrogen and oxygen atoms in total. The Bertz CT molecular complexity index is 487. The fourth-order valence-corrected chi connectivity index (χ4v) is 5.80. The van der Waals surface area contributed by atoms with Crippen molar-refractivity contribution in [2.45, 2.75) is 36.8 Å². The third kappa shape index (κ3) is 4.15. The molecule has 6 heteroatoms. The van der Waals surface area contributed by atoms with Gasteiger partial charge in [-0.3, -0.25) is 0 Å². The number of rotatable bonds is 5. The predicted octanol–water partition coefficient (Wildman–Crippen LogP) is 5.01. The molecule has 2 rings (SSSR count). The van der Waals surface area contributed by atoms with Crippen LogP contribution in [0, 0.1) is 11.6 Å². The van der Waals surface area contributed by atoms with Crippen LogP contribution in [0.15, 0.2) is 16.6 Å². The molecule has 0 aliphatic carbocycles. The second-order valence-electron chi connectivity index (χ2n) is 5.10. The van der Waals surface area contributed by atoms with Gasteiger partial charge in [0.05, 0.1) is 10.5 Å². The molecule has 1 heterocycles. The summed E-state index contributed by atoms with van der Waals surface area (Å²) in [5.74, 6) is 1.19. The minimum Gasteiger partial charge on any atom is -0.309 e. The maximum Gasteiger partial charge on any atom is 0.145 e. The zero-order valence-corrected chi connectivity index (χ0v) is 15.4. The van der Waals surface area contributed by atoms with Gasteiger partial charge in [-0.25, -0.2) is 8.78 Å². The molecule has 1 aliphatic heterocycles. The van der Waals surface area contributed by atoms with Crippen molar-refractivity contribution in [2.24, 2.45) is 0 Å². The highest BCUT2D eigenvalue weighted by Crippen LogP contribution is 2.40. The molecule has 0 spiro atoms. The van der Waals surface area contributed by atoms with Gasteiger partial charge in [0.15, 0.2) is 0 Å². The van der Waals surface area contributed by atoms with E-state index in [4.69, 9.17) is 0 Å². The molecule has 3 atom stereocenters. The van der Waals surface area contributed by atoms with E-state index in [1.807, 2.05) is 23.5 Å². The first kappa shape index (κ1) is 17.6. The molecule has 118 valence electrons. The van der Waals surface area contributed by atoms with Crippen molar-refractivity contribution in [3.05, 3.63) is 33.8 Å². The Kier molecular flexibility index (Phi) is 6.84. The van der Waals surface area contributed by atoms with Gasteiger partial charge in [0.2, 0.25) is 0 Å². The van der Waals surface area contributed by atoms with Gasteiger partial charge < -0.3 is 5.32 Å². The van der Waals surface area contributed by atoms with E-state index in [1.165, 1.54) is 12.1 Å². The molecule has 3 unspecified atom stereocenters. The van der Waals surface area contributed by atoms with Crippen LogP contribution in [0.25, 0.3) is 0 Å². The lowest BCUT2D eigenvalue weighted by Crippen LogP contribution is -2.39. The minimum absolute atomic E-state index is 0.171. The van der Waals surface area contributed by atoms with Crippen LogP contribution in [-0.4, -0.2) is 28.6 Å². The summed E-state index contributed by atoms with van der Waals surface area (Å²) in [5.41, 5.74) is 0.171. The first-order valence-electron chi connectivity index (χ1n) is 7.16. The monoisotopic (exact) mass is 395 g/mol. The highest BCUT2D eigenvalue weighted by molar-refractivity contribution is 9.10. The minimum atomic E-state index is -0.480. The Balaban J connectivity index is 2.37. The molecule has 0 aromatic heterocycles. The van der Waals surface area contributed by atoms with Crippen molar-refractivity contribution < 1.29 is 8.78 Å². The Labute approximate surface area is 142 Å². The van der Waals surface area contributed by atoms with Crippen LogP contribution >= 0.6 is 39.5 Å². The average Bonchev–Trinajstić information content (AvgIpc) is 2.47. The van der Waals surface area contributed by atoms with Crippen LogP contribution in [0.3, 0.4) is 0 Å². The highest BCUT2D eigenvalue weighted by atomic mass is 79.9. The van der Waals surface area contributed by atoms with E-state index < -0.39 is 11.6 Å². The van der Waals surface area contributed by atoms with E-state index in [2.05, 4.69) is 35.1 Å². The van der Waals surface area contributed by atoms with Crippen LogP contribution in [0.1, 0.15) is 31.9 Å². The second-order valence-corrected chi connectivity index (χ2v) is 8.73. The zero-order valence-electron chi connectivity index (χ0n) is 12.2. The van der Waals surface area contributed by atoms with Crippen molar-refractivity contribution in [1.29, 1.82) is 0 Å². The van der Waals surface area contributed by atoms with Crippen LogP contribution in [0.4, 0.5) is 8.78 Å². The normalized spacial score (nSPS) is 24.0. The molecule has 0 radical (unpaired) electrons. The first-order chi connectivity index (χ1) is 10.1. The van der Waals surface area contributed by atoms with E-state index in [0.717, 1.165) is 24.5 Å². The Morgan fingerprint density at radius 3 is 2.71 bits per heavy atom. The summed E-state index contributed by atoms with van der Waals surface area (Å²) < 4.78 is 29.1. The second kappa shape index (κ2) is 8.18. The van der Waals surface area contributed by atoms with Gasteiger partial charge in [0.1, 0.15) is 11.6 Å². The molecule has 1 aliphatic rings. The van der Waals surface area contributed by atoms with Crippen molar-refractivity contribution in [3.63, 3.8) is 0 Å². The van der Waals surface area contributed by atoms with E-state index in [1.54, 1.807) is 0 Å². The highest BCUT2D eigenvalue weighted by Gasteiger charge is 2.34. The van der Waals surface area contributed by atoms with Gasteiger partial charge in [-0.05, 0) is 41.0 Å². The summed E-state index contributed by atoms with van der Waals surface area (Å²) in [6, 6.07) is 2.47. The largest absolute Gasteiger partial charge is 0.309 e. The average molecular weight is 396 g/mol. The molecule has 1 aromatic rings. The van der Waals surface area contributed by atoms with E-state index >= 15 is 0 Å². The lowest BCUT2D eigenvalue weighted by Gasteiger charge is -2.35. The zero-order chi connectivity index (χ0) is 15.4. The summed E-state index contributed by atoms with van der Waals surface area (Å²) in [4.78, 5) is 0. The number of benzene rings is 1. The Hall–Kier alpha value is 0.220. The lowest BCUT2D eigenvalue weighted by molar-refractivity contribution is 0.451. The molecule has 1 saturated heterocycles. The van der Waals surface area contributed by atoms with Gasteiger partial charge in [0.25, 0.3) is 0 Å². The van der Waals surface area contributed by atoms with E-state index in [0.29, 0.717) is 9.72 Å². The molecule has 0 amide bonds. The molecule has 0 saturated carbocycles. The fourth-order valence-electron chi connectivity index (χ4n) is 2.53. The molecule has 21 heavy (non-hydrogen) atoms. The molecule has 1 N–H and O–H groups in total. The smallest absolute Gasteiger partial charge is 0.145 e. The van der Waals surface area contributed by atoms with Gasteiger partial charge in [-0.15, -0.1) is 0 Å². The first-order valence-corrected chi connectivity index (χ1v) is 10.0. The molecule has 0 bridgehead atoms. The van der Waals surface area contributed by atoms with Crippen LogP contribution in [0.5, 0.6) is 0 Å². The van der Waals surface area contributed by atoms with Crippen LogP contribution in [0.2, 0.25) is 0 Å². The van der Waals surface area contributed by atoms with Crippen LogP contribution in [-0.2, 0) is 0 Å². The SMILES string of the molecule is CCCNC(c1c(F)ccc(Br)c1F)C1SCCSC1C. The summed E-state index contributed by atoms with van der Waals surface area (Å²) >= 11 is 6.87. The standard InChI is InChI=1S/C15H20BrF2NS2/c1-3-6-19-14(15-9(2)20-7-8-21-15)12-11(17)5-4-10(16)13(12)18/h4-5,9,14-15,19H,3,6-8H2,1-2H3. The Morgan fingerprint density at radius 2 is 2.05 bits per heavy atom. The number of hydrogen-bond acceptors (Lipinski definition) is 3. The van der Waals surface area contributed by atoms with Crippen molar-refractivity contribution in [3.8, 4) is 0 Å². The summed E-state index contributed by atoms with van der Waals surface area (Å²) in [7, 11) is 0. The van der Waals surface area contributed by atoms with Crippen molar-refractivity contribution in [2.75, 3.05) is 18.1 Å². The molecular weight excluding hydrogens is 376 g/mol. The third-order valence-electron chi connectivity index (χ3n) is 3.57. The van der Waals surface area contributed by atoms with Crippen molar-refractivity contribution in [1.82, 2.24) is 5.32 Å². The lowest BCUT2D eigenvalue weighted by atomic mass is 10.00.